The molecule has 22 heavy (non-hydrogen) atoms. The van der Waals surface area contributed by atoms with E-state index in [-0.39, 0.29) is 12.3 Å². The van der Waals surface area contributed by atoms with Crippen LogP contribution >= 0.6 is 0 Å². The van der Waals surface area contributed by atoms with Gasteiger partial charge in [0.2, 0.25) is 5.91 Å². The minimum absolute atomic E-state index is 0.0581. The predicted molar refractivity (Wildman–Crippen MR) is 84.9 cm³/mol. The molecule has 1 aliphatic rings. The van der Waals surface area contributed by atoms with Gasteiger partial charge in [0.1, 0.15) is 5.75 Å². The monoisotopic (exact) mass is 306 g/mol. The summed E-state index contributed by atoms with van der Waals surface area (Å²) in [7, 11) is 1.58. The summed E-state index contributed by atoms with van der Waals surface area (Å²) in [6.45, 7) is 3.35. The van der Waals surface area contributed by atoms with E-state index >= 15 is 0 Å². The molecular formula is C17H26N2O3. The quantitative estimate of drug-likeness (QED) is 0.786. The Bertz CT molecular complexity index is 479. The highest BCUT2D eigenvalue weighted by molar-refractivity contribution is 5.78. The number of hydrogen-bond acceptors (Lipinski definition) is 4. The lowest BCUT2D eigenvalue weighted by atomic mass is 9.88. The fourth-order valence-electron chi connectivity index (χ4n) is 2.89. The van der Waals surface area contributed by atoms with Crippen LogP contribution < -0.4 is 10.1 Å². The summed E-state index contributed by atoms with van der Waals surface area (Å²) in [5, 5.41) is 2.88. The molecule has 5 nitrogen and oxygen atoms in total. The van der Waals surface area contributed by atoms with E-state index in [4.69, 9.17) is 9.47 Å². The highest BCUT2D eigenvalue weighted by Gasteiger charge is 2.21. The molecule has 1 fully saturated rings. The maximum Gasteiger partial charge on any atom is 0.226 e. The van der Waals surface area contributed by atoms with Crippen LogP contribution in [0.15, 0.2) is 18.3 Å². The number of rotatable bonds is 7. The van der Waals surface area contributed by atoms with Gasteiger partial charge in [0.15, 0.2) is 0 Å². The van der Waals surface area contributed by atoms with Crippen molar-refractivity contribution < 1.29 is 14.3 Å². The van der Waals surface area contributed by atoms with Crippen molar-refractivity contribution in [3.05, 3.63) is 24.0 Å². The first-order valence-corrected chi connectivity index (χ1v) is 8.07. The summed E-state index contributed by atoms with van der Waals surface area (Å²) in [5.41, 5.74) is 0.657. The molecule has 122 valence electrons. The fraction of sp³-hybridized carbons (Fsp3) is 0.647. The van der Waals surface area contributed by atoms with Gasteiger partial charge in [0.25, 0.3) is 0 Å². The Morgan fingerprint density at radius 3 is 3.00 bits per heavy atom. The number of carbonyl (C=O) groups excluding carboxylic acids is 1. The number of methoxy groups -OCH3 is 1. The molecule has 0 unspecified atom stereocenters. The third kappa shape index (κ3) is 4.98. The molecule has 0 radical (unpaired) electrons. The SMILES string of the molecule is COc1cccnc1CC(=O)NCCO[C@H]1CCCC[C@@H]1C. The third-order valence-corrected chi connectivity index (χ3v) is 4.19. The molecule has 1 amide bonds. The van der Waals surface area contributed by atoms with E-state index in [2.05, 4.69) is 17.2 Å². The molecule has 1 N–H and O–H groups in total. The van der Waals surface area contributed by atoms with Crippen molar-refractivity contribution >= 4 is 5.91 Å². The van der Waals surface area contributed by atoms with Crippen molar-refractivity contribution in [1.82, 2.24) is 10.3 Å². The van der Waals surface area contributed by atoms with Gasteiger partial charge in [-0.05, 0) is 30.9 Å². The van der Waals surface area contributed by atoms with Crippen molar-refractivity contribution in [2.45, 2.75) is 45.1 Å². The minimum atomic E-state index is -0.0581. The van der Waals surface area contributed by atoms with Crippen molar-refractivity contribution in [3.63, 3.8) is 0 Å². The smallest absolute Gasteiger partial charge is 0.226 e. The van der Waals surface area contributed by atoms with E-state index in [1.807, 2.05) is 6.07 Å². The first-order valence-electron chi connectivity index (χ1n) is 8.07. The van der Waals surface area contributed by atoms with E-state index in [0.717, 1.165) is 6.42 Å². The second kappa shape index (κ2) is 8.73. The minimum Gasteiger partial charge on any atom is -0.495 e. The zero-order chi connectivity index (χ0) is 15.8. The Morgan fingerprint density at radius 2 is 2.23 bits per heavy atom. The molecule has 0 saturated heterocycles. The number of pyridine rings is 1. The maximum atomic E-state index is 11.9. The van der Waals surface area contributed by atoms with Gasteiger partial charge < -0.3 is 14.8 Å². The number of ether oxygens (including phenoxy) is 2. The maximum absolute atomic E-state index is 11.9. The van der Waals surface area contributed by atoms with E-state index < -0.39 is 0 Å². The van der Waals surface area contributed by atoms with Crippen LogP contribution in [0.2, 0.25) is 0 Å². The summed E-state index contributed by atoms with van der Waals surface area (Å²) in [6, 6.07) is 3.60. The summed E-state index contributed by atoms with van der Waals surface area (Å²) in [6.07, 6.45) is 7.19. The second-order valence-electron chi connectivity index (χ2n) is 5.85. The van der Waals surface area contributed by atoms with Gasteiger partial charge in [-0.1, -0.05) is 19.8 Å². The number of carbonyl (C=O) groups is 1. The van der Waals surface area contributed by atoms with Gasteiger partial charge in [-0.2, -0.15) is 0 Å². The molecule has 0 aromatic carbocycles. The Kier molecular flexibility index (Phi) is 6.65. The Balaban J connectivity index is 1.67. The highest BCUT2D eigenvalue weighted by Crippen LogP contribution is 2.25. The van der Waals surface area contributed by atoms with Crippen LogP contribution in [0.5, 0.6) is 5.75 Å². The molecular weight excluding hydrogens is 280 g/mol. The average molecular weight is 306 g/mol. The molecule has 0 bridgehead atoms. The van der Waals surface area contributed by atoms with E-state index in [9.17, 15) is 4.79 Å². The topological polar surface area (TPSA) is 60.5 Å². The van der Waals surface area contributed by atoms with Gasteiger partial charge >= 0.3 is 0 Å². The molecule has 1 aliphatic carbocycles. The fourth-order valence-corrected chi connectivity index (χ4v) is 2.89. The van der Waals surface area contributed by atoms with Crippen LogP contribution in [-0.2, 0) is 16.0 Å². The number of hydrogen-bond donors (Lipinski definition) is 1. The van der Waals surface area contributed by atoms with Crippen molar-refractivity contribution in [2.75, 3.05) is 20.3 Å². The molecule has 0 aliphatic heterocycles. The molecule has 2 atom stereocenters. The number of nitrogens with zero attached hydrogens (tertiary/aromatic N) is 1. The zero-order valence-corrected chi connectivity index (χ0v) is 13.5. The molecule has 1 saturated carbocycles. The number of nitrogens with one attached hydrogen (secondary N) is 1. The van der Waals surface area contributed by atoms with Crippen LogP contribution in [0.4, 0.5) is 0 Å². The molecule has 5 heteroatoms. The predicted octanol–water partition coefficient (Wildman–Crippen LogP) is 2.34. The highest BCUT2D eigenvalue weighted by atomic mass is 16.5. The van der Waals surface area contributed by atoms with Gasteiger partial charge in [-0.15, -0.1) is 0 Å². The van der Waals surface area contributed by atoms with Gasteiger partial charge in [-0.3, -0.25) is 9.78 Å². The lowest BCUT2D eigenvalue weighted by Crippen LogP contribution is -2.32. The Hall–Kier alpha value is -1.62. The van der Waals surface area contributed by atoms with Gasteiger partial charge in [0, 0.05) is 12.7 Å². The van der Waals surface area contributed by atoms with E-state index in [1.165, 1.54) is 19.3 Å². The number of aromatic nitrogens is 1. The molecule has 0 spiro atoms. The third-order valence-electron chi connectivity index (χ3n) is 4.19. The lowest BCUT2D eigenvalue weighted by molar-refractivity contribution is -0.121. The average Bonchev–Trinajstić information content (AvgIpc) is 2.53. The van der Waals surface area contributed by atoms with Crippen molar-refractivity contribution in [2.24, 2.45) is 5.92 Å². The molecule has 2 rings (SSSR count). The molecule has 1 aromatic rings. The van der Waals surface area contributed by atoms with Crippen molar-refractivity contribution in [1.29, 1.82) is 0 Å². The molecule has 1 aromatic heterocycles. The van der Waals surface area contributed by atoms with E-state index in [1.54, 1.807) is 19.4 Å². The van der Waals surface area contributed by atoms with Crippen LogP contribution in [0, 0.1) is 5.92 Å². The lowest BCUT2D eigenvalue weighted by Gasteiger charge is -2.28. The van der Waals surface area contributed by atoms with Crippen LogP contribution in [0.25, 0.3) is 0 Å². The second-order valence-corrected chi connectivity index (χ2v) is 5.85. The standard InChI is InChI=1S/C17H26N2O3/c1-13-6-3-4-7-15(13)22-11-10-19-17(20)12-14-16(21-2)8-5-9-18-14/h5,8-9,13,15H,3-4,6-7,10-12H2,1-2H3,(H,19,20)/t13-,15-/m0/s1. The van der Waals surface area contributed by atoms with Gasteiger partial charge in [-0.25, -0.2) is 0 Å². The van der Waals surface area contributed by atoms with Gasteiger partial charge in [0.05, 0.1) is 31.9 Å². The largest absolute Gasteiger partial charge is 0.495 e. The first kappa shape index (κ1) is 16.7. The summed E-state index contributed by atoms with van der Waals surface area (Å²) in [5.74, 6) is 1.21. The Labute approximate surface area is 132 Å². The summed E-state index contributed by atoms with van der Waals surface area (Å²) in [4.78, 5) is 16.1. The zero-order valence-electron chi connectivity index (χ0n) is 13.5. The van der Waals surface area contributed by atoms with Crippen LogP contribution in [0.3, 0.4) is 0 Å². The Morgan fingerprint density at radius 1 is 1.41 bits per heavy atom. The van der Waals surface area contributed by atoms with Crippen LogP contribution in [0.1, 0.15) is 38.3 Å². The summed E-state index contributed by atoms with van der Waals surface area (Å²) >= 11 is 0. The molecule has 1 heterocycles. The first-order chi connectivity index (χ1) is 10.7. The number of amides is 1. The summed E-state index contributed by atoms with van der Waals surface area (Å²) < 4.78 is 11.1. The van der Waals surface area contributed by atoms with Crippen LogP contribution in [-0.4, -0.2) is 37.3 Å². The van der Waals surface area contributed by atoms with E-state index in [0.29, 0.717) is 36.6 Å². The van der Waals surface area contributed by atoms with Crippen molar-refractivity contribution in [3.8, 4) is 5.75 Å². The normalized spacial score (nSPS) is 21.4.